The summed E-state index contributed by atoms with van der Waals surface area (Å²) in [6.45, 7) is 7.56. The number of rotatable bonds is 11. The second-order valence-corrected chi connectivity index (χ2v) is 10.2. The molecular weight excluding hydrogens is 412 g/mol. The molecule has 32 heavy (non-hydrogen) atoms. The van der Waals surface area contributed by atoms with Gasteiger partial charge in [-0.2, -0.15) is 4.98 Å². The number of esters is 2. The first kappa shape index (κ1) is 24.7. The molecule has 1 heterocycles. The van der Waals surface area contributed by atoms with E-state index in [-0.39, 0.29) is 25.6 Å². The van der Waals surface area contributed by atoms with Crippen molar-refractivity contribution >= 4 is 11.9 Å². The molecule has 2 aliphatic rings. The Hall–Kier alpha value is -1.96. The van der Waals surface area contributed by atoms with Crippen LogP contribution in [0.5, 0.6) is 0 Å². The third-order valence-corrected chi connectivity index (χ3v) is 6.41. The van der Waals surface area contributed by atoms with Crippen molar-refractivity contribution in [3.05, 3.63) is 11.7 Å². The quantitative estimate of drug-likeness (QED) is 0.454. The van der Waals surface area contributed by atoms with Crippen molar-refractivity contribution in [1.82, 2.24) is 10.1 Å². The van der Waals surface area contributed by atoms with Crippen LogP contribution in [-0.2, 0) is 35.8 Å². The molecule has 0 amide bonds. The van der Waals surface area contributed by atoms with Crippen LogP contribution in [0.2, 0.25) is 0 Å². The second kappa shape index (κ2) is 10.8. The summed E-state index contributed by atoms with van der Waals surface area (Å²) in [7, 11) is 0. The first-order valence-corrected chi connectivity index (χ1v) is 12.0. The van der Waals surface area contributed by atoms with E-state index in [9.17, 15) is 9.59 Å². The Morgan fingerprint density at radius 1 is 1.12 bits per heavy atom. The zero-order chi connectivity index (χ0) is 23.2. The molecule has 0 radical (unpaired) electrons. The van der Waals surface area contributed by atoms with Gasteiger partial charge in [-0.1, -0.05) is 43.7 Å². The topological polar surface area (TPSA) is 101 Å². The van der Waals surface area contributed by atoms with Crippen LogP contribution in [0, 0.1) is 11.8 Å². The van der Waals surface area contributed by atoms with Crippen molar-refractivity contribution in [2.75, 3.05) is 13.2 Å². The first-order valence-electron chi connectivity index (χ1n) is 12.0. The molecule has 8 nitrogen and oxygen atoms in total. The number of nitrogens with zero attached hydrogens (tertiary/aromatic N) is 2. The molecule has 0 aliphatic heterocycles. The van der Waals surface area contributed by atoms with E-state index in [2.05, 4.69) is 10.1 Å². The summed E-state index contributed by atoms with van der Waals surface area (Å²) >= 11 is 0. The summed E-state index contributed by atoms with van der Waals surface area (Å²) in [4.78, 5) is 28.6. The van der Waals surface area contributed by atoms with Crippen molar-refractivity contribution in [3.8, 4) is 0 Å². The fourth-order valence-corrected chi connectivity index (χ4v) is 4.80. The monoisotopic (exact) mass is 450 g/mol. The third-order valence-electron chi connectivity index (χ3n) is 6.41. The molecule has 0 saturated heterocycles. The molecule has 1 aromatic rings. The van der Waals surface area contributed by atoms with E-state index in [4.69, 9.17) is 18.7 Å². The minimum Gasteiger partial charge on any atom is -0.464 e. The number of carbonyl (C=O) groups excluding carboxylic acids is 2. The first-order chi connectivity index (χ1) is 15.2. The van der Waals surface area contributed by atoms with Crippen molar-refractivity contribution in [2.24, 2.45) is 11.8 Å². The standard InChI is InChI=1S/C24H38N2O6/c1-5-30-21(28)16-29-15-19-25-22(32-26-19)24(14-20(27)31-23(2,3)4)13-18(24)12-11-17-9-7-6-8-10-17/h17-18H,5-16H2,1-4H3/t18?,24-/m0/s1. The van der Waals surface area contributed by atoms with Crippen molar-refractivity contribution in [3.63, 3.8) is 0 Å². The predicted octanol–water partition coefficient (Wildman–Crippen LogP) is 4.50. The lowest BCUT2D eigenvalue weighted by atomic mass is 9.84. The van der Waals surface area contributed by atoms with Crippen molar-refractivity contribution in [2.45, 2.75) is 103 Å². The Morgan fingerprint density at radius 3 is 2.56 bits per heavy atom. The average Bonchev–Trinajstić information content (AvgIpc) is 3.19. The highest BCUT2D eigenvalue weighted by Gasteiger charge is 2.60. The molecule has 2 atom stereocenters. The highest BCUT2D eigenvalue weighted by Crippen LogP contribution is 2.59. The van der Waals surface area contributed by atoms with Gasteiger partial charge in [0.1, 0.15) is 18.8 Å². The minimum absolute atomic E-state index is 0.0531. The summed E-state index contributed by atoms with van der Waals surface area (Å²) < 4.78 is 21.4. The molecule has 0 bridgehead atoms. The van der Waals surface area contributed by atoms with Gasteiger partial charge in [-0.25, -0.2) is 4.79 Å². The molecule has 0 N–H and O–H groups in total. The lowest BCUT2D eigenvalue weighted by Crippen LogP contribution is -2.27. The predicted molar refractivity (Wildman–Crippen MR) is 117 cm³/mol. The Morgan fingerprint density at radius 2 is 1.88 bits per heavy atom. The summed E-state index contributed by atoms with van der Waals surface area (Å²) in [5.74, 6) is 1.31. The maximum Gasteiger partial charge on any atom is 0.332 e. The number of ether oxygens (including phenoxy) is 3. The Balaban J connectivity index is 1.62. The Kier molecular flexibility index (Phi) is 8.31. The van der Waals surface area contributed by atoms with Crippen LogP contribution >= 0.6 is 0 Å². The molecule has 1 aromatic heterocycles. The zero-order valence-corrected chi connectivity index (χ0v) is 20.0. The molecule has 1 unspecified atom stereocenters. The summed E-state index contributed by atoms with van der Waals surface area (Å²) in [5.41, 5.74) is -0.991. The van der Waals surface area contributed by atoms with Gasteiger partial charge in [0.15, 0.2) is 5.82 Å². The lowest BCUT2D eigenvalue weighted by molar-refractivity contribution is -0.156. The fraction of sp³-hybridized carbons (Fsp3) is 0.833. The highest BCUT2D eigenvalue weighted by molar-refractivity contribution is 5.72. The van der Waals surface area contributed by atoms with E-state index in [1.165, 1.54) is 38.5 Å². The molecule has 0 spiro atoms. The van der Waals surface area contributed by atoms with Gasteiger partial charge in [0.2, 0.25) is 5.89 Å². The molecule has 8 heteroatoms. The second-order valence-electron chi connectivity index (χ2n) is 10.2. The van der Waals surface area contributed by atoms with Gasteiger partial charge >= 0.3 is 11.9 Å². The van der Waals surface area contributed by atoms with E-state index < -0.39 is 17.0 Å². The van der Waals surface area contributed by atoms with Crippen molar-refractivity contribution < 1.29 is 28.3 Å². The van der Waals surface area contributed by atoms with Crippen LogP contribution < -0.4 is 0 Å². The van der Waals surface area contributed by atoms with Gasteiger partial charge in [0, 0.05) is 0 Å². The van der Waals surface area contributed by atoms with Crippen LogP contribution in [0.25, 0.3) is 0 Å². The summed E-state index contributed by atoms with van der Waals surface area (Å²) in [6.07, 6.45) is 9.98. The van der Waals surface area contributed by atoms with Crippen molar-refractivity contribution in [1.29, 1.82) is 0 Å². The van der Waals surface area contributed by atoms with Gasteiger partial charge < -0.3 is 18.7 Å². The minimum atomic E-state index is -0.536. The van der Waals surface area contributed by atoms with E-state index in [1.807, 2.05) is 20.8 Å². The van der Waals surface area contributed by atoms with E-state index >= 15 is 0 Å². The largest absolute Gasteiger partial charge is 0.464 e. The van der Waals surface area contributed by atoms with E-state index in [0.29, 0.717) is 24.2 Å². The lowest BCUT2D eigenvalue weighted by Gasteiger charge is -2.23. The molecule has 2 aliphatic carbocycles. The number of hydrogen-bond donors (Lipinski definition) is 0. The van der Waals surface area contributed by atoms with Crippen LogP contribution in [0.15, 0.2) is 4.52 Å². The zero-order valence-electron chi connectivity index (χ0n) is 20.0. The Labute approximate surface area is 190 Å². The van der Waals surface area contributed by atoms with Gasteiger partial charge in [-0.15, -0.1) is 0 Å². The van der Waals surface area contributed by atoms with Crippen LogP contribution in [0.4, 0.5) is 0 Å². The number of aromatic nitrogens is 2. The Bertz CT molecular complexity index is 765. The molecule has 3 rings (SSSR count). The van der Waals surface area contributed by atoms with E-state index in [0.717, 1.165) is 18.8 Å². The fourth-order valence-electron chi connectivity index (χ4n) is 4.80. The van der Waals surface area contributed by atoms with Gasteiger partial charge in [-0.3, -0.25) is 4.79 Å². The van der Waals surface area contributed by atoms with E-state index in [1.54, 1.807) is 6.92 Å². The maximum absolute atomic E-state index is 12.7. The van der Waals surface area contributed by atoms with Gasteiger partial charge in [0.05, 0.1) is 18.4 Å². The molecule has 2 saturated carbocycles. The van der Waals surface area contributed by atoms with Crippen LogP contribution in [0.3, 0.4) is 0 Å². The molecule has 0 aromatic carbocycles. The maximum atomic E-state index is 12.7. The third kappa shape index (κ3) is 7.02. The molecule has 180 valence electrons. The van der Waals surface area contributed by atoms with Gasteiger partial charge in [-0.05, 0) is 52.4 Å². The summed E-state index contributed by atoms with van der Waals surface area (Å²) in [5, 5.41) is 4.02. The summed E-state index contributed by atoms with van der Waals surface area (Å²) in [6, 6.07) is 0. The molecular formula is C24H38N2O6. The SMILES string of the molecule is CCOC(=O)COCc1noc([C@]2(CC(=O)OC(C)(C)C)CC2CCC2CCCCC2)n1. The van der Waals surface area contributed by atoms with Crippen LogP contribution in [0.1, 0.15) is 97.2 Å². The number of carbonyl (C=O) groups is 2. The molecule has 2 fully saturated rings. The van der Waals surface area contributed by atoms with Crippen LogP contribution in [-0.4, -0.2) is 40.9 Å². The smallest absolute Gasteiger partial charge is 0.332 e. The number of hydrogen-bond acceptors (Lipinski definition) is 8. The average molecular weight is 451 g/mol. The van der Waals surface area contributed by atoms with Gasteiger partial charge in [0.25, 0.3) is 0 Å². The normalized spacial score (nSPS) is 23.7. The highest BCUT2D eigenvalue weighted by atomic mass is 16.6.